The summed E-state index contributed by atoms with van der Waals surface area (Å²) in [6.45, 7) is 1.81. The van der Waals surface area contributed by atoms with Crippen molar-refractivity contribution in [2.45, 2.75) is 25.3 Å². The number of carboxylic acids is 1. The highest BCUT2D eigenvalue weighted by Gasteiger charge is 2.21. The minimum atomic E-state index is -1.01. The van der Waals surface area contributed by atoms with Crippen molar-refractivity contribution in [1.82, 2.24) is 5.32 Å². The number of ether oxygens (including phenoxy) is 1. The zero-order chi connectivity index (χ0) is 31.4. The second-order valence-corrected chi connectivity index (χ2v) is 10.8. The monoisotopic (exact) mass is 600 g/mol. The largest absolute Gasteiger partial charge is 0.492 e. The van der Waals surface area contributed by atoms with Gasteiger partial charge in [-0.15, -0.1) is 0 Å². The SMILES string of the molecule is O=C(CCCNCCOc1ccc(C[C@H](Nc2ccccc2C(=O)c2ccccc2)C(=O)O)cc1)c1ccc2ccccc2c1. The Bertz CT molecular complexity index is 1750. The van der Waals surface area contributed by atoms with Crippen LogP contribution in [-0.4, -0.2) is 48.4 Å². The van der Waals surface area contributed by atoms with Crippen molar-refractivity contribution < 1.29 is 24.2 Å². The molecule has 0 unspecified atom stereocenters. The summed E-state index contributed by atoms with van der Waals surface area (Å²) in [7, 11) is 0. The maximum absolute atomic E-state index is 13.1. The van der Waals surface area contributed by atoms with Crippen LogP contribution in [0.2, 0.25) is 0 Å². The number of nitrogens with one attached hydrogen (secondary N) is 2. The highest BCUT2D eigenvalue weighted by molar-refractivity contribution is 6.12. The van der Waals surface area contributed by atoms with Crippen LogP contribution in [0.3, 0.4) is 0 Å². The summed E-state index contributed by atoms with van der Waals surface area (Å²) < 4.78 is 5.83. The Hall–Kier alpha value is -5.27. The van der Waals surface area contributed by atoms with Gasteiger partial charge in [0, 0.05) is 41.8 Å². The molecule has 7 nitrogen and oxygen atoms in total. The van der Waals surface area contributed by atoms with E-state index >= 15 is 0 Å². The number of ketones is 2. The summed E-state index contributed by atoms with van der Waals surface area (Å²) >= 11 is 0. The highest BCUT2D eigenvalue weighted by Crippen LogP contribution is 2.22. The predicted octanol–water partition coefficient (Wildman–Crippen LogP) is 6.81. The summed E-state index contributed by atoms with van der Waals surface area (Å²) in [6, 6.07) is 36.1. The second kappa shape index (κ2) is 15.5. The molecule has 5 aromatic rings. The number of aliphatic carboxylic acids is 1. The van der Waals surface area contributed by atoms with Crippen LogP contribution in [0, 0.1) is 0 Å². The van der Waals surface area contributed by atoms with E-state index in [-0.39, 0.29) is 18.0 Å². The molecule has 7 heteroatoms. The number of hydrogen-bond acceptors (Lipinski definition) is 6. The number of hydrogen-bond donors (Lipinski definition) is 3. The number of benzene rings is 5. The molecule has 0 saturated heterocycles. The summed E-state index contributed by atoms with van der Waals surface area (Å²) in [5.74, 6) is -0.356. The van der Waals surface area contributed by atoms with Gasteiger partial charge in [0.25, 0.3) is 0 Å². The fourth-order valence-electron chi connectivity index (χ4n) is 5.14. The molecule has 5 rings (SSSR count). The summed E-state index contributed by atoms with van der Waals surface area (Å²) in [5, 5.41) is 18.5. The lowest BCUT2D eigenvalue weighted by Crippen LogP contribution is -2.32. The van der Waals surface area contributed by atoms with E-state index in [4.69, 9.17) is 4.74 Å². The molecule has 0 radical (unpaired) electrons. The van der Waals surface area contributed by atoms with Gasteiger partial charge in [0.2, 0.25) is 0 Å². The average molecular weight is 601 g/mol. The predicted molar refractivity (Wildman–Crippen MR) is 177 cm³/mol. The van der Waals surface area contributed by atoms with Crippen molar-refractivity contribution in [3.8, 4) is 5.75 Å². The van der Waals surface area contributed by atoms with E-state index in [1.807, 2.05) is 72.8 Å². The van der Waals surface area contributed by atoms with Crippen LogP contribution in [0.25, 0.3) is 10.8 Å². The number of carbonyl (C=O) groups is 3. The molecule has 0 spiro atoms. The van der Waals surface area contributed by atoms with E-state index in [1.54, 1.807) is 48.5 Å². The number of rotatable bonds is 16. The Kier molecular flexibility index (Phi) is 10.7. The van der Waals surface area contributed by atoms with Crippen molar-refractivity contribution in [3.05, 3.63) is 144 Å². The first-order chi connectivity index (χ1) is 22.0. The van der Waals surface area contributed by atoms with Gasteiger partial charge in [-0.25, -0.2) is 4.79 Å². The Morgan fingerprint density at radius 2 is 1.42 bits per heavy atom. The fraction of sp³-hybridized carbons (Fsp3) is 0.184. The number of anilines is 1. The van der Waals surface area contributed by atoms with E-state index in [2.05, 4.69) is 10.6 Å². The lowest BCUT2D eigenvalue weighted by Gasteiger charge is -2.18. The third-order valence-corrected chi connectivity index (χ3v) is 7.58. The molecule has 3 N–H and O–H groups in total. The van der Waals surface area contributed by atoms with Crippen LogP contribution >= 0.6 is 0 Å². The molecule has 1 atom stereocenters. The van der Waals surface area contributed by atoms with Crippen LogP contribution in [0.4, 0.5) is 5.69 Å². The molecule has 0 saturated carbocycles. The van der Waals surface area contributed by atoms with Gasteiger partial charge in [-0.05, 0) is 59.6 Å². The average Bonchev–Trinajstić information content (AvgIpc) is 3.08. The van der Waals surface area contributed by atoms with Crippen LogP contribution in [-0.2, 0) is 11.2 Å². The second-order valence-electron chi connectivity index (χ2n) is 10.8. The highest BCUT2D eigenvalue weighted by atomic mass is 16.5. The molecule has 228 valence electrons. The van der Waals surface area contributed by atoms with Gasteiger partial charge in [-0.3, -0.25) is 9.59 Å². The van der Waals surface area contributed by atoms with Gasteiger partial charge < -0.3 is 20.5 Å². The van der Waals surface area contributed by atoms with Gasteiger partial charge in [-0.2, -0.15) is 0 Å². The van der Waals surface area contributed by atoms with Crippen molar-refractivity contribution >= 4 is 34.0 Å². The lowest BCUT2D eigenvalue weighted by molar-refractivity contribution is -0.137. The van der Waals surface area contributed by atoms with Crippen molar-refractivity contribution in [2.75, 3.05) is 25.0 Å². The van der Waals surface area contributed by atoms with Gasteiger partial charge >= 0.3 is 5.97 Å². The van der Waals surface area contributed by atoms with Crippen LogP contribution in [0.1, 0.15) is 44.7 Å². The fourth-order valence-corrected chi connectivity index (χ4v) is 5.14. The molecular formula is C38H36N2O5. The molecule has 0 heterocycles. The Morgan fingerprint density at radius 3 is 2.20 bits per heavy atom. The molecule has 0 aliphatic rings. The smallest absolute Gasteiger partial charge is 0.326 e. The van der Waals surface area contributed by atoms with E-state index in [0.717, 1.165) is 28.3 Å². The Morgan fingerprint density at radius 1 is 0.711 bits per heavy atom. The van der Waals surface area contributed by atoms with Gasteiger partial charge in [0.05, 0.1) is 0 Å². The van der Waals surface area contributed by atoms with E-state index in [0.29, 0.717) is 48.7 Å². The van der Waals surface area contributed by atoms with Gasteiger partial charge in [0.1, 0.15) is 18.4 Å². The van der Waals surface area contributed by atoms with Crippen LogP contribution in [0.5, 0.6) is 5.75 Å². The minimum absolute atomic E-state index is 0.143. The number of para-hydroxylation sites is 1. The Labute approximate surface area is 262 Å². The summed E-state index contributed by atoms with van der Waals surface area (Å²) in [5.41, 5.74) is 3.00. The van der Waals surface area contributed by atoms with Crippen molar-refractivity contribution in [3.63, 3.8) is 0 Å². The zero-order valence-corrected chi connectivity index (χ0v) is 24.9. The van der Waals surface area contributed by atoms with Crippen LogP contribution in [0.15, 0.2) is 121 Å². The third-order valence-electron chi connectivity index (χ3n) is 7.58. The topological polar surface area (TPSA) is 105 Å². The molecule has 0 bridgehead atoms. The minimum Gasteiger partial charge on any atom is -0.492 e. The molecule has 0 aliphatic heterocycles. The first kappa shape index (κ1) is 31.2. The van der Waals surface area contributed by atoms with E-state index in [9.17, 15) is 19.5 Å². The van der Waals surface area contributed by atoms with Gasteiger partial charge in [-0.1, -0.05) is 91.0 Å². The normalized spacial score (nSPS) is 11.6. The molecule has 0 fully saturated rings. The van der Waals surface area contributed by atoms with Gasteiger partial charge in [0.15, 0.2) is 11.6 Å². The quantitative estimate of drug-likeness (QED) is 0.0844. The summed E-state index contributed by atoms with van der Waals surface area (Å²) in [4.78, 5) is 37.8. The number of carboxylic acid groups (broad SMARTS) is 1. The molecular weight excluding hydrogens is 564 g/mol. The number of fused-ring (bicyclic) bond motifs is 1. The molecule has 45 heavy (non-hydrogen) atoms. The first-order valence-electron chi connectivity index (χ1n) is 15.1. The number of carbonyl (C=O) groups excluding carboxylic acids is 2. The molecule has 0 aromatic heterocycles. The van der Waals surface area contributed by atoms with Crippen LogP contribution < -0.4 is 15.4 Å². The maximum Gasteiger partial charge on any atom is 0.326 e. The summed E-state index contributed by atoms with van der Waals surface area (Å²) in [6.07, 6.45) is 1.45. The molecule has 5 aromatic carbocycles. The third kappa shape index (κ3) is 8.65. The first-order valence-corrected chi connectivity index (χ1v) is 15.1. The van der Waals surface area contributed by atoms with E-state index in [1.165, 1.54) is 0 Å². The van der Waals surface area contributed by atoms with Crippen molar-refractivity contribution in [2.24, 2.45) is 0 Å². The molecule has 0 amide bonds. The molecule has 0 aliphatic carbocycles. The lowest BCUT2D eigenvalue weighted by atomic mass is 10.00. The zero-order valence-electron chi connectivity index (χ0n) is 24.9. The maximum atomic E-state index is 13.1. The number of Topliss-reactive ketones (excluding diaryl/α,β-unsaturated/α-hetero) is 1. The van der Waals surface area contributed by atoms with E-state index < -0.39 is 12.0 Å². The van der Waals surface area contributed by atoms with Crippen molar-refractivity contribution in [1.29, 1.82) is 0 Å². The standard InChI is InChI=1S/C38H36N2O5/c41-36(31-19-18-28-9-4-5-12-30(28)26-31)15-8-22-39-23-24-45-32-20-16-27(17-21-32)25-35(38(43)44)40-34-14-7-6-13-33(34)37(42)29-10-2-1-3-11-29/h1-7,9-14,16-21,26,35,39-40H,8,15,22-25H2,(H,43,44)/t35-/m0/s1. The Balaban J connectivity index is 1.05.